The number of aromatic nitrogens is 2. The number of rotatable bonds is 7. The molecular formula is C24H30N4O4. The second-order valence-electron chi connectivity index (χ2n) is 8.12. The van der Waals surface area contributed by atoms with Crippen molar-refractivity contribution in [2.24, 2.45) is 0 Å². The number of terminal acetylenes is 1. The average Bonchev–Trinajstić information content (AvgIpc) is 2.83. The first kappa shape index (κ1) is 22.2. The Balaban J connectivity index is 1.37. The number of hydrogen-bond donors (Lipinski definition) is 1. The number of hydrogen-bond acceptors (Lipinski definition) is 7. The molecule has 2 aliphatic rings. The molecule has 3 heterocycles. The Morgan fingerprint density at radius 2 is 1.97 bits per heavy atom. The minimum absolute atomic E-state index is 0.0850. The van der Waals surface area contributed by atoms with Crippen LogP contribution in [-0.4, -0.2) is 68.0 Å². The number of methoxy groups -OCH3 is 1. The Morgan fingerprint density at radius 1 is 1.19 bits per heavy atom. The lowest BCUT2D eigenvalue weighted by Crippen LogP contribution is -2.39. The van der Waals surface area contributed by atoms with Gasteiger partial charge in [0.1, 0.15) is 6.61 Å². The fourth-order valence-electron chi connectivity index (χ4n) is 4.29. The first-order valence-corrected chi connectivity index (χ1v) is 11.1. The lowest BCUT2D eigenvalue weighted by atomic mass is 9.93. The van der Waals surface area contributed by atoms with E-state index in [4.69, 9.17) is 25.6 Å². The van der Waals surface area contributed by atoms with Gasteiger partial charge < -0.3 is 19.1 Å². The Morgan fingerprint density at radius 3 is 2.69 bits per heavy atom. The molecule has 1 aromatic heterocycles. The minimum Gasteiger partial charge on any atom is -0.493 e. The van der Waals surface area contributed by atoms with Crippen molar-refractivity contribution in [3.8, 4) is 23.8 Å². The normalized spacial score (nSPS) is 17.7. The summed E-state index contributed by atoms with van der Waals surface area (Å²) < 4.78 is 16.4. The van der Waals surface area contributed by atoms with Gasteiger partial charge in [-0.15, -0.1) is 6.42 Å². The van der Waals surface area contributed by atoms with E-state index in [0.29, 0.717) is 36.6 Å². The van der Waals surface area contributed by atoms with Crippen molar-refractivity contribution in [3.05, 3.63) is 45.9 Å². The van der Waals surface area contributed by atoms with Crippen LogP contribution in [0.5, 0.6) is 11.5 Å². The third-order valence-electron chi connectivity index (χ3n) is 6.01. The van der Waals surface area contributed by atoms with Crippen molar-refractivity contribution in [2.45, 2.75) is 25.3 Å². The van der Waals surface area contributed by atoms with Crippen LogP contribution in [-0.2, 0) is 11.3 Å². The highest BCUT2D eigenvalue weighted by Gasteiger charge is 2.24. The summed E-state index contributed by atoms with van der Waals surface area (Å²) in [6.45, 7) is 5.77. The molecule has 0 amide bonds. The summed E-state index contributed by atoms with van der Waals surface area (Å²) in [5.74, 6) is 4.78. The van der Waals surface area contributed by atoms with E-state index in [2.05, 4.69) is 20.7 Å². The number of anilines is 1. The van der Waals surface area contributed by atoms with Gasteiger partial charge in [-0.3, -0.25) is 14.7 Å². The maximum Gasteiger partial charge on any atom is 0.252 e. The fourth-order valence-corrected chi connectivity index (χ4v) is 4.29. The van der Waals surface area contributed by atoms with Crippen LogP contribution in [0, 0.1) is 12.3 Å². The molecular weight excluding hydrogens is 408 g/mol. The van der Waals surface area contributed by atoms with Crippen LogP contribution in [0.15, 0.2) is 29.1 Å². The SMILES string of the molecule is C#CCOc1ccc(CN2CCC(c3cc(=O)[nH]c(N4CCOCC4)n3)CC2)cc1OC. The molecule has 0 unspecified atom stereocenters. The zero-order valence-corrected chi connectivity index (χ0v) is 18.5. The van der Waals surface area contributed by atoms with Crippen molar-refractivity contribution >= 4 is 5.95 Å². The van der Waals surface area contributed by atoms with Crippen molar-refractivity contribution in [1.29, 1.82) is 0 Å². The van der Waals surface area contributed by atoms with Crippen LogP contribution >= 0.6 is 0 Å². The summed E-state index contributed by atoms with van der Waals surface area (Å²) >= 11 is 0. The van der Waals surface area contributed by atoms with Gasteiger partial charge in [-0.05, 0) is 43.6 Å². The zero-order valence-electron chi connectivity index (χ0n) is 18.5. The Hall–Kier alpha value is -3.02. The second-order valence-corrected chi connectivity index (χ2v) is 8.12. The van der Waals surface area contributed by atoms with Crippen molar-refractivity contribution in [3.63, 3.8) is 0 Å². The number of nitrogens with zero attached hydrogens (tertiary/aromatic N) is 3. The standard InChI is InChI=1S/C24H30N4O4/c1-3-12-32-21-5-4-18(15-22(21)30-2)17-27-8-6-19(7-9-27)20-16-23(29)26-24(25-20)28-10-13-31-14-11-28/h1,4-5,15-16,19H,6-14,17H2,2H3,(H,25,26,29). The van der Waals surface area contributed by atoms with Gasteiger partial charge in [0.25, 0.3) is 5.56 Å². The molecule has 32 heavy (non-hydrogen) atoms. The molecule has 0 spiro atoms. The van der Waals surface area contributed by atoms with Crippen molar-refractivity contribution < 1.29 is 14.2 Å². The molecule has 2 saturated heterocycles. The summed E-state index contributed by atoms with van der Waals surface area (Å²) in [6, 6.07) is 7.62. The van der Waals surface area contributed by atoms with E-state index in [9.17, 15) is 4.79 Å². The quantitative estimate of drug-likeness (QED) is 0.663. The number of nitrogens with one attached hydrogen (secondary N) is 1. The van der Waals surface area contributed by atoms with Gasteiger partial charge in [-0.25, -0.2) is 4.98 Å². The third kappa shape index (κ3) is 5.42. The van der Waals surface area contributed by atoms with Gasteiger partial charge in [0.2, 0.25) is 5.95 Å². The van der Waals surface area contributed by atoms with Crippen LogP contribution < -0.4 is 19.9 Å². The molecule has 0 bridgehead atoms. The van der Waals surface area contributed by atoms with Crippen LogP contribution in [0.25, 0.3) is 0 Å². The topological polar surface area (TPSA) is 79.9 Å². The highest BCUT2D eigenvalue weighted by Crippen LogP contribution is 2.31. The summed E-state index contributed by atoms with van der Waals surface area (Å²) in [7, 11) is 1.63. The van der Waals surface area contributed by atoms with E-state index >= 15 is 0 Å². The molecule has 8 heteroatoms. The van der Waals surface area contributed by atoms with Crippen LogP contribution in [0.2, 0.25) is 0 Å². The molecule has 8 nitrogen and oxygen atoms in total. The lowest BCUT2D eigenvalue weighted by molar-refractivity contribution is 0.122. The molecule has 4 rings (SSSR count). The fraction of sp³-hybridized carbons (Fsp3) is 0.500. The van der Waals surface area contributed by atoms with Crippen molar-refractivity contribution in [2.75, 3.05) is 58.0 Å². The molecule has 2 fully saturated rings. The van der Waals surface area contributed by atoms with E-state index in [0.717, 1.165) is 56.8 Å². The average molecular weight is 439 g/mol. The minimum atomic E-state index is -0.0850. The predicted molar refractivity (Wildman–Crippen MR) is 122 cm³/mol. The van der Waals surface area contributed by atoms with Gasteiger partial charge in [0.15, 0.2) is 11.5 Å². The van der Waals surface area contributed by atoms with Gasteiger partial charge >= 0.3 is 0 Å². The molecule has 0 atom stereocenters. The second kappa shape index (κ2) is 10.5. The third-order valence-corrected chi connectivity index (χ3v) is 6.01. The summed E-state index contributed by atoms with van der Waals surface area (Å²) in [6.07, 6.45) is 7.22. The number of aromatic amines is 1. The largest absolute Gasteiger partial charge is 0.493 e. The van der Waals surface area contributed by atoms with E-state index in [-0.39, 0.29) is 12.2 Å². The van der Waals surface area contributed by atoms with Crippen LogP contribution in [0.3, 0.4) is 0 Å². The molecule has 0 saturated carbocycles. The maximum atomic E-state index is 12.3. The van der Waals surface area contributed by atoms with E-state index in [1.807, 2.05) is 18.2 Å². The molecule has 1 N–H and O–H groups in total. The molecule has 170 valence electrons. The lowest BCUT2D eigenvalue weighted by Gasteiger charge is -2.32. The number of piperidine rings is 1. The number of ether oxygens (including phenoxy) is 3. The first-order valence-electron chi connectivity index (χ1n) is 11.1. The number of benzene rings is 1. The van der Waals surface area contributed by atoms with Gasteiger partial charge in [-0.2, -0.15) is 0 Å². The van der Waals surface area contributed by atoms with Gasteiger partial charge in [0, 0.05) is 31.6 Å². The van der Waals surface area contributed by atoms with E-state index in [1.165, 1.54) is 0 Å². The Kier molecular flexibility index (Phi) is 7.30. The predicted octanol–water partition coefficient (Wildman–Crippen LogP) is 2.01. The first-order chi connectivity index (χ1) is 15.7. The number of likely N-dealkylation sites (tertiary alicyclic amines) is 1. The van der Waals surface area contributed by atoms with Crippen molar-refractivity contribution in [1.82, 2.24) is 14.9 Å². The number of morpholine rings is 1. The van der Waals surface area contributed by atoms with E-state index < -0.39 is 0 Å². The smallest absolute Gasteiger partial charge is 0.252 e. The van der Waals surface area contributed by atoms with Crippen LogP contribution in [0.1, 0.15) is 30.0 Å². The Bertz CT molecular complexity index is 1000. The van der Waals surface area contributed by atoms with Crippen LogP contribution in [0.4, 0.5) is 5.95 Å². The van der Waals surface area contributed by atoms with E-state index in [1.54, 1.807) is 13.2 Å². The zero-order chi connectivity index (χ0) is 22.3. The molecule has 1 aromatic carbocycles. The molecule has 0 radical (unpaired) electrons. The van der Waals surface area contributed by atoms with Gasteiger partial charge in [0.05, 0.1) is 26.0 Å². The Labute approximate surface area is 188 Å². The summed E-state index contributed by atoms with van der Waals surface area (Å²) in [5, 5.41) is 0. The molecule has 2 aliphatic heterocycles. The highest BCUT2D eigenvalue weighted by atomic mass is 16.5. The molecule has 0 aliphatic carbocycles. The summed E-state index contributed by atoms with van der Waals surface area (Å²) in [5.41, 5.74) is 1.97. The van der Waals surface area contributed by atoms with Gasteiger partial charge in [-0.1, -0.05) is 12.0 Å². The highest BCUT2D eigenvalue weighted by molar-refractivity contribution is 5.43. The number of H-pyrrole nitrogens is 1. The molecule has 2 aromatic rings. The summed E-state index contributed by atoms with van der Waals surface area (Å²) in [4.78, 5) is 24.5. The maximum absolute atomic E-state index is 12.3. The monoisotopic (exact) mass is 438 g/mol.